The summed E-state index contributed by atoms with van der Waals surface area (Å²) in [5, 5.41) is 6.01. The molecule has 37 heavy (non-hydrogen) atoms. The molecule has 180 valence electrons. The summed E-state index contributed by atoms with van der Waals surface area (Å²) in [5.74, 6) is -1.30. The predicted molar refractivity (Wildman–Crippen MR) is 148 cm³/mol. The molecule has 0 bridgehead atoms. The highest BCUT2D eigenvalue weighted by Gasteiger charge is 2.60. The van der Waals surface area contributed by atoms with Gasteiger partial charge in [-0.05, 0) is 69.6 Å². The minimum Gasteiger partial charge on any atom is -0.273 e. The SMILES string of the molecule is O=C1[C@H]2[C@H](ON(c3ccccc3)[C@H]2c2c3ccccc3cc3ccccc23)C(=O)N1c1ccc(Br)cc1. The largest absolute Gasteiger partial charge is 0.273 e. The highest BCUT2D eigenvalue weighted by atomic mass is 79.9. The van der Waals surface area contributed by atoms with Crippen molar-refractivity contribution in [1.29, 1.82) is 0 Å². The molecule has 0 aliphatic carbocycles. The fourth-order valence-electron chi connectivity index (χ4n) is 5.72. The molecular weight excluding hydrogens is 528 g/mol. The zero-order valence-electron chi connectivity index (χ0n) is 19.6. The number of rotatable bonds is 3. The summed E-state index contributed by atoms with van der Waals surface area (Å²) >= 11 is 3.43. The van der Waals surface area contributed by atoms with Crippen molar-refractivity contribution in [2.24, 2.45) is 5.92 Å². The molecule has 5 nitrogen and oxygen atoms in total. The van der Waals surface area contributed by atoms with Crippen LogP contribution in [0.15, 0.2) is 114 Å². The Hall–Kier alpha value is -4.00. The lowest BCUT2D eigenvalue weighted by Gasteiger charge is -2.30. The smallest absolute Gasteiger partial charge is 0.266 e. The molecule has 2 aliphatic rings. The number of hydrogen-bond donors (Lipinski definition) is 0. The van der Waals surface area contributed by atoms with Crippen LogP contribution in [0.25, 0.3) is 21.5 Å². The molecular formula is C31H21BrN2O3. The standard InChI is InChI=1S/C31H21BrN2O3/c32-21-14-16-22(17-15-21)33-30(35)27-28(34(37-29(27)31(33)36)23-10-2-1-3-11-23)26-24-12-6-4-8-19(24)18-20-9-5-7-13-25(20)26/h1-18,27-29H/t27-,28+,29+/m1/s1. The number of hydroxylamine groups is 1. The van der Waals surface area contributed by atoms with E-state index >= 15 is 0 Å². The lowest BCUT2D eigenvalue weighted by molar-refractivity contribution is -0.126. The monoisotopic (exact) mass is 548 g/mol. The zero-order chi connectivity index (χ0) is 25.1. The summed E-state index contributed by atoms with van der Waals surface area (Å²) in [4.78, 5) is 35.5. The van der Waals surface area contributed by atoms with Gasteiger partial charge in [-0.2, -0.15) is 0 Å². The number of imide groups is 1. The highest BCUT2D eigenvalue weighted by Crippen LogP contribution is 2.50. The number of nitrogens with zero attached hydrogens (tertiary/aromatic N) is 2. The third kappa shape index (κ3) is 3.40. The van der Waals surface area contributed by atoms with Gasteiger partial charge in [0.15, 0.2) is 6.10 Å². The Morgan fingerprint density at radius 2 is 1.24 bits per heavy atom. The van der Waals surface area contributed by atoms with Crippen LogP contribution in [0.5, 0.6) is 0 Å². The van der Waals surface area contributed by atoms with Crippen LogP contribution < -0.4 is 9.96 Å². The Morgan fingerprint density at radius 3 is 1.89 bits per heavy atom. The van der Waals surface area contributed by atoms with E-state index < -0.39 is 18.1 Å². The molecule has 6 heteroatoms. The fraction of sp³-hybridized carbons (Fsp3) is 0.0968. The first-order valence-electron chi connectivity index (χ1n) is 12.2. The van der Waals surface area contributed by atoms with Gasteiger partial charge < -0.3 is 0 Å². The van der Waals surface area contributed by atoms with Gasteiger partial charge in [0.05, 0.1) is 17.4 Å². The molecule has 0 N–H and O–H groups in total. The Labute approximate surface area is 221 Å². The minimum absolute atomic E-state index is 0.252. The van der Waals surface area contributed by atoms with Crippen LogP contribution in [0.1, 0.15) is 11.6 Å². The molecule has 0 saturated carbocycles. The van der Waals surface area contributed by atoms with Gasteiger partial charge in [-0.25, -0.2) is 9.96 Å². The lowest BCUT2D eigenvalue weighted by Crippen LogP contribution is -2.37. The van der Waals surface area contributed by atoms with E-state index in [1.54, 1.807) is 17.2 Å². The van der Waals surface area contributed by atoms with Crippen molar-refractivity contribution in [3.8, 4) is 0 Å². The van der Waals surface area contributed by atoms with E-state index in [9.17, 15) is 9.59 Å². The van der Waals surface area contributed by atoms with Gasteiger partial charge in [0.25, 0.3) is 5.91 Å². The number of amides is 2. The number of halogens is 1. The first-order chi connectivity index (χ1) is 18.1. The molecule has 7 rings (SSSR count). The average Bonchev–Trinajstić information content (AvgIpc) is 3.44. The summed E-state index contributed by atoms with van der Waals surface area (Å²) in [6.45, 7) is 0. The first kappa shape index (κ1) is 22.2. The second-order valence-corrected chi connectivity index (χ2v) is 10.3. The summed E-state index contributed by atoms with van der Waals surface area (Å²) in [6.07, 6.45) is -0.918. The molecule has 0 unspecified atom stereocenters. The molecule has 2 heterocycles. The van der Waals surface area contributed by atoms with Gasteiger partial charge in [0.2, 0.25) is 5.91 Å². The normalized spacial score (nSPS) is 21.3. The van der Waals surface area contributed by atoms with Gasteiger partial charge in [-0.3, -0.25) is 14.4 Å². The maximum absolute atomic E-state index is 14.1. The van der Waals surface area contributed by atoms with Crippen molar-refractivity contribution in [1.82, 2.24) is 0 Å². The summed E-state index contributed by atoms with van der Waals surface area (Å²) in [7, 11) is 0. The first-order valence-corrected chi connectivity index (χ1v) is 13.0. The maximum Gasteiger partial charge on any atom is 0.266 e. The molecule has 5 aromatic rings. The second-order valence-electron chi connectivity index (χ2n) is 9.38. The Balaban J connectivity index is 1.47. The van der Waals surface area contributed by atoms with Gasteiger partial charge in [0.1, 0.15) is 5.92 Å². The Bertz CT molecular complexity index is 1630. The maximum atomic E-state index is 14.1. The molecule has 5 aromatic carbocycles. The second kappa shape index (κ2) is 8.54. The fourth-order valence-corrected chi connectivity index (χ4v) is 5.98. The number of benzene rings is 5. The summed E-state index contributed by atoms with van der Waals surface area (Å²) < 4.78 is 0.877. The molecule has 0 spiro atoms. The number of carbonyl (C=O) groups excluding carboxylic acids is 2. The van der Waals surface area contributed by atoms with Crippen LogP contribution in [-0.4, -0.2) is 17.9 Å². The van der Waals surface area contributed by atoms with Crippen molar-refractivity contribution in [3.63, 3.8) is 0 Å². The molecule has 0 aromatic heterocycles. The molecule has 2 aliphatic heterocycles. The van der Waals surface area contributed by atoms with Crippen molar-refractivity contribution in [3.05, 3.63) is 119 Å². The van der Waals surface area contributed by atoms with Crippen LogP contribution in [-0.2, 0) is 14.4 Å². The van der Waals surface area contributed by atoms with E-state index in [2.05, 4.69) is 46.3 Å². The van der Waals surface area contributed by atoms with E-state index in [1.807, 2.05) is 66.7 Å². The van der Waals surface area contributed by atoms with Gasteiger partial charge >= 0.3 is 0 Å². The van der Waals surface area contributed by atoms with Gasteiger partial charge in [0, 0.05) is 4.47 Å². The zero-order valence-corrected chi connectivity index (χ0v) is 21.2. The van der Waals surface area contributed by atoms with E-state index in [-0.39, 0.29) is 11.8 Å². The van der Waals surface area contributed by atoms with Crippen LogP contribution in [0.4, 0.5) is 11.4 Å². The van der Waals surface area contributed by atoms with Gasteiger partial charge in [-0.15, -0.1) is 0 Å². The summed E-state index contributed by atoms with van der Waals surface area (Å²) in [6, 6.07) is 35.0. The highest BCUT2D eigenvalue weighted by molar-refractivity contribution is 9.10. The predicted octanol–water partition coefficient (Wildman–Crippen LogP) is 6.81. The minimum atomic E-state index is -0.918. The number of carbonyl (C=O) groups is 2. The van der Waals surface area contributed by atoms with Gasteiger partial charge in [-0.1, -0.05) is 82.7 Å². The van der Waals surface area contributed by atoms with Crippen LogP contribution in [0, 0.1) is 5.92 Å². The molecule has 2 saturated heterocycles. The van der Waals surface area contributed by atoms with E-state index in [4.69, 9.17) is 4.84 Å². The molecule has 2 fully saturated rings. The number of fused-ring (bicyclic) bond motifs is 3. The van der Waals surface area contributed by atoms with Crippen molar-refractivity contribution in [2.75, 3.05) is 9.96 Å². The van der Waals surface area contributed by atoms with E-state index in [1.165, 1.54) is 4.90 Å². The Morgan fingerprint density at radius 1 is 0.649 bits per heavy atom. The quantitative estimate of drug-likeness (QED) is 0.183. The van der Waals surface area contributed by atoms with Crippen LogP contribution in [0.2, 0.25) is 0 Å². The number of para-hydroxylation sites is 1. The van der Waals surface area contributed by atoms with Crippen molar-refractivity contribution >= 4 is 60.7 Å². The van der Waals surface area contributed by atoms with E-state index in [0.717, 1.165) is 37.3 Å². The summed E-state index contributed by atoms with van der Waals surface area (Å²) in [5.41, 5.74) is 2.34. The third-order valence-electron chi connectivity index (χ3n) is 7.32. The average molecular weight is 549 g/mol. The molecule has 2 amide bonds. The van der Waals surface area contributed by atoms with Crippen LogP contribution in [0.3, 0.4) is 0 Å². The van der Waals surface area contributed by atoms with Crippen molar-refractivity contribution in [2.45, 2.75) is 12.1 Å². The third-order valence-corrected chi connectivity index (χ3v) is 7.85. The van der Waals surface area contributed by atoms with Crippen LogP contribution >= 0.6 is 15.9 Å². The van der Waals surface area contributed by atoms with Crippen molar-refractivity contribution < 1.29 is 14.4 Å². The molecule has 3 atom stereocenters. The number of anilines is 2. The Kier molecular flexibility index (Phi) is 5.13. The van der Waals surface area contributed by atoms with E-state index in [0.29, 0.717) is 5.69 Å². The molecule has 0 radical (unpaired) electrons. The topological polar surface area (TPSA) is 49.9 Å². The lowest BCUT2D eigenvalue weighted by atomic mass is 9.84. The number of hydrogen-bond acceptors (Lipinski definition) is 4.